The topological polar surface area (TPSA) is 59.1 Å². The molecule has 0 fully saturated rings. The molecule has 0 aromatic heterocycles. The van der Waals surface area contributed by atoms with Crippen molar-refractivity contribution in [3.63, 3.8) is 0 Å². The minimum absolute atomic E-state index is 0.236. The lowest BCUT2D eigenvalue weighted by Crippen LogP contribution is -2.24. The highest BCUT2D eigenvalue weighted by Crippen LogP contribution is 2.50. The Hall–Kier alpha value is -3.28. The quantitative estimate of drug-likeness (QED) is 0.781. The molecule has 6 heteroatoms. The molecule has 6 nitrogen and oxygen atoms in total. The Morgan fingerprint density at radius 2 is 1.08 bits per heavy atom. The molecule has 0 aliphatic carbocycles. The first-order valence-corrected chi connectivity index (χ1v) is 8.16. The molecule has 0 N–H and O–H groups in total. The monoisotopic (exact) mass is 350 g/mol. The van der Waals surface area contributed by atoms with E-state index < -0.39 is 0 Å². The summed E-state index contributed by atoms with van der Waals surface area (Å²) in [5.41, 5.74) is 3.41. The number of rotatable bonds is 2. The summed E-state index contributed by atoms with van der Waals surface area (Å²) in [5, 5.41) is 0. The van der Waals surface area contributed by atoms with Crippen LogP contribution in [0.25, 0.3) is 11.1 Å². The van der Waals surface area contributed by atoms with Crippen LogP contribution in [-0.2, 0) is 9.59 Å². The minimum Gasteiger partial charge on any atom is -0.496 e. The standard InChI is InChI=1S/C20H18N2O4/c1-21-11-7-5-9-13(25-3)15(11)17(19(21)23)18-16-12(22(2)20(18)24)8-6-10-14(16)26-4/h5-10H,1-4H3/b18-17+. The highest BCUT2D eigenvalue weighted by molar-refractivity contribution is 6.50. The molecular weight excluding hydrogens is 332 g/mol. The third-order valence-electron chi connectivity index (χ3n) is 4.96. The zero-order chi connectivity index (χ0) is 18.6. The molecule has 0 unspecified atom stereocenters. The van der Waals surface area contributed by atoms with Crippen LogP contribution in [-0.4, -0.2) is 40.1 Å². The van der Waals surface area contributed by atoms with Gasteiger partial charge in [-0.3, -0.25) is 9.59 Å². The van der Waals surface area contributed by atoms with Crippen LogP contribution in [0.3, 0.4) is 0 Å². The number of anilines is 2. The van der Waals surface area contributed by atoms with Gasteiger partial charge in [-0.05, 0) is 24.3 Å². The first-order valence-electron chi connectivity index (χ1n) is 8.16. The number of hydrogen-bond donors (Lipinski definition) is 0. The van der Waals surface area contributed by atoms with Gasteiger partial charge in [0, 0.05) is 14.1 Å². The summed E-state index contributed by atoms with van der Waals surface area (Å²) < 4.78 is 11.0. The first kappa shape index (κ1) is 16.2. The van der Waals surface area contributed by atoms with E-state index in [1.165, 1.54) is 0 Å². The fourth-order valence-electron chi connectivity index (χ4n) is 3.67. The van der Waals surface area contributed by atoms with Crippen molar-refractivity contribution in [3.05, 3.63) is 47.5 Å². The number of carbonyl (C=O) groups is 2. The Morgan fingerprint density at radius 3 is 1.42 bits per heavy atom. The van der Waals surface area contributed by atoms with E-state index in [4.69, 9.17) is 9.47 Å². The molecule has 0 radical (unpaired) electrons. The molecule has 0 bridgehead atoms. The molecule has 0 saturated carbocycles. The zero-order valence-corrected chi connectivity index (χ0v) is 15.0. The van der Waals surface area contributed by atoms with Crippen molar-refractivity contribution in [3.8, 4) is 11.5 Å². The minimum atomic E-state index is -0.236. The van der Waals surface area contributed by atoms with Crippen molar-refractivity contribution < 1.29 is 19.1 Å². The number of carbonyl (C=O) groups excluding carboxylic acids is 2. The highest BCUT2D eigenvalue weighted by atomic mass is 16.5. The summed E-state index contributed by atoms with van der Waals surface area (Å²) >= 11 is 0. The van der Waals surface area contributed by atoms with Gasteiger partial charge < -0.3 is 19.3 Å². The van der Waals surface area contributed by atoms with Gasteiger partial charge >= 0.3 is 0 Å². The lowest BCUT2D eigenvalue weighted by molar-refractivity contribution is -0.114. The van der Waals surface area contributed by atoms with Crippen LogP contribution in [0.1, 0.15) is 11.1 Å². The highest BCUT2D eigenvalue weighted by Gasteiger charge is 2.42. The largest absolute Gasteiger partial charge is 0.496 e. The number of fused-ring (bicyclic) bond motifs is 2. The maximum atomic E-state index is 13.1. The second-order valence-corrected chi connectivity index (χ2v) is 6.19. The maximum Gasteiger partial charge on any atom is 0.259 e. The van der Waals surface area contributed by atoms with Gasteiger partial charge in [-0.15, -0.1) is 0 Å². The number of hydrogen-bond acceptors (Lipinski definition) is 4. The fourth-order valence-corrected chi connectivity index (χ4v) is 3.67. The van der Waals surface area contributed by atoms with Crippen molar-refractivity contribution in [2.24, 2.45) is 0 Å². The Bertz CT molecular complexity index is 914. The van der Waals surface area contributed by atoms with Gasteiger partial charge in [-0.1, -0.05) is 12.1 Å². The number of amides is 2. The Balaban J connectivity index is 2.13. The lowest BCUT2D eigenvalue weighted by Gasteiger charge is -2.10. The van der Waals surface area contributed by atoms with E-state index in [0.29, 0.717) is 33.8 Å². The van der Waals surface area contributed by atoms with Crippen LogP contribution in [0.5, 0.6) is 11.5 Å². The van der Waals surface area contributed by atoms with E-state index in [0.717, 1.165) is 11.4 Å². The van der Waals surface area contributed by atoms with Crippen molar-refractivity contribution in [2.45, 2.75) is 0 Å². The number of likely N-dealkylation sites (N-methyl/N-ethyl adjacent to an activating group) is 2. The predicted octanol–water partition coefficient (Wildman–Crippen LogP) is 2.57. The number of nitrogens with zero attached hydrogens (tertiary/aromatic N) is 2. The zero-order valence-electron chi connectivity index (χ0n) is 15.0. The summed E-state index contributed by atoms with van der Waals surface area (Å²) in [5.74, 6) is 0.642. The number of ether oxygens (including phenoxy) is 2. The summed E-state index contributed by atoms with van der Waals surface area (Å²) in [6, 6.07) is 10.9. The number of benzene rings is 2. The molecule has 0 atom stereocenters. The van der Waals surface area contributed by atoms with Crippen molar-refractivity contribution >= 4 is 34.3 Å². The number of methoxy groups -OCH3 is 2. The van der Waals surface area contributed by atoms with E-state index in [2.05, 4.69) is 0 Å². The SMILES string of the molecule is COc1cccc2c1/C(=C1\C(=O)N(C)c3cccc(OC)c31)C(=O)N2C. The molecule has 2 aliphatic rings. The van der Waals surface area contributed by atoms with Crippen LogP contribution in [0.2, 0.25) is 0 Å². The summed E-state index contributed by atoms with van der Waals surface area (Å²) in [4.78, 5) is 29.2. The van der Waals surface area contributed by atoms with Crippen molar-refractivity contribution in [1.29, 1.82) is 0 Å². The molecule has 2 aromatic rings. The van der Waals surface area contributed by atoms with E-state index >= 15 is 0 Å². The van der Waals surface area contributed by atoms with E-state index in [1.807, 2.05) is 24.3 Å². The molecule has 132 valence electrons. The second-order valence-electron chi connectivity index (χ2n) is 6.19. The molecule has 2 aromatic carbocycles. The average Bonchev–Trinajstić information content (AvgIpc) is 3.07. The summed E-state index contributed by atoms with van der Waals surface area (Å²) in [6.07, 6.45) is 0. The maximum absolute atomic E-state index is 13.1. The lowest BCUT2D eigenvalue weighted by atomic mass is 9.95. The van der Waals surface area contributed by atoms with Gasteiger partial charge in [-0.2, -0.15) is 0 Å². The van der Waals surface area contributed by atoms with Crippen LogP contribution in [0, 0.1) is 0 Å². The second kappa shape index (κ2) is 5.62. The summed E-state index contributed by atoms with van der Waals surface area (Å²) in [6.45, 7) is 0. The van der Waals surface area contributed by atoms with Gasteiger partial charge in [0.15, 0.2) is 0 Å². The predicted molar refractivity (Wildman–Crippen MR) is 99.6 cm³/mol. The molecule has 2 amide bonds. The Morgan fingerprint density at radius 1 is 0.692 bits per heavy atom. The van der Waals surface area contributed by atoms with Crippen LogP contribution >= 0.6 is 0 Å². The third-order valence-corrected chi connectivity index (χ3v) is 4.96. The fraction of sp³-hybridized carbons (Fsp3) is 0.200. The smallest absolute Gasteiger partial charge is 0.259 e. The third kappa shape index (κ3) is 1.92. The van der Waals surface area contributed by atoms with E-state index in [-0.39, 0.29) is 11.8 Å². The molecule has 4 rings (SSSR count). The van der Waals surface area contributed by atoms with Crippen LogP contribution < -0.4 is 19.3 Å². The molecule has 26 heavy (non-hydrogen) atoms. The van der Waals surface area contributed by atoms with Crippen molar-refractivity contribution in [1.82, 2.24) is 0 Å². The van der Waals surface area contributed by atoms with Gasteiger partial charge in [0.1, 0.15) is 11.5 Å². The molecular formula is C20H18N2O4. The van der Waals surface area contributed by atoms with Gasteiger partial charge in [0.25, 0.3) is 11.8 Å². The Labute approximate surface area is 151 Å². The van der Waals surface area contributed by atoms with Crippen LogP contribution in [0.4, 0.5) is 11.4 Å². The molecule has 2 heterocycles. The molecule has 0 spiro atoms. The molecule has 2 aliphatic heterocycles. The van der Waals surface area contributed by atoms with Crippen LogP contribution in [0.15, 0.2) is 36.4 Å². The normalized spacial score (nSPS) is 18.3. The van der Waals surface area contributed by atoms with E-state index in [9.17, 15) is 9.59 Å². The van der Waals surface area contributed by atoms with Gasteiger partial charge in [0.2, 0.25) is 0 Å². The van der Waals surface area contributed by atoms with Crippen molar-refractivity contribution in [2.75, 3.05) is 38.1 Å². The first-order chi connectivity index (χ1) is 12.5. The molecule has 0 saturated heterocycles. The van der Waals surface area contributed by atoms with Gasteiger partial charge in [-0.25, -0.2) is 0 Å². The van der Waals surface area contributed by atoms with E-state index in [1.54, 1.807) is 50.2 Å². The average molecular weight is 350 g/mol. The van der Waals surface area contributed by atoms with Gasteiger partial charge in [0.05, 0.1) is 47.9 Å². The Kier molecular flexibility index (Phi) is 3.50. The summed E-state index contributed by atoms with van der Waals surface area (Å²) in [7, 11) is 6.50.